The summed E-state index contributed by atoms with van der Waals surface area (Å²) >= 11 is 8.22. The Labute approximate surface area is 120 Å². The molecule has 4 heteroatoms. The Morgan fingerprint density at radius 2 is 2.18 bits per heavy atom. The first-order valence-corrected chi connectivity index (χ1v) is 7.14. The largest absolute Gasteiger partial charge is 0.334 e. The molecule has 1 heterocycles. The van der Waals surface area contributed by atoms with Gasteiger partial charge in [0, 0.05) is 21.2 Å². The van der Waals surface area contributed by atoms with Crippen molar-refractivity contribution >= 4 is 40.1 Å². The summed E-state index contributed by atoms with van der Waals surface area (Å²) in [6.07, 6.45) is 2.15. The second-order valence-electron chi connectivity index (χ2n) is 5.00. The van der Waals surface area contributed by atoms with Gasteiger partial charge in [0.05, 0.1) is 5.02 Å². The molecule has 0 aromatic heterocycles. The molecule has 1 saturated heterocycles. The van der Waals surface area contributed by atoms with E-state index in [0.29, 0.717) is 10.6 Å². The van der Waals surface area contributed by atoms with Crippen molar-refractivity contribution in [2.24, 2.45) is 0 Å². The average Bonchev–Trinajstić information content (AvgIpc) is 2.61. The van der Waals surface area contributed by atoms with E-state index in [1.54, 1.807) is 6.07 Å². The van der Waals surface area contributed by atoms with Gasteiger partial charge in [-0.2, -0.15) is 0 Å². The van der Waals surface area contributed by atoms with Crippen LogP contribution in [0.4, 0.5) is 0 Å². The summed E-state index contributed by atoms with van der Waals surface area (Å²) in [4.78, 5) is 14.3. The Morgan fingerprint density at radius 3 is 2.71 bits per heavy atom. The third-order valence-electron chi connectivity index (χ3n) is 3.31. The summed E-state index contributed by atoms with van der Waals surface area (Å²) in [7, 11) is 0. The van der Waals surface area contributed by atoms with Crippen LogP contribution in [0.25, 0.3) is 0 Å². The third-order valence-corrected chi connectivity index (χ3v) is 4.88. The van der Waals surface area contributed by atoms with E-state index in [0.717, 1.165) is 23.0 Å². The van der Waals surface area contributed by atoms with Crippen molar-refractivity contribution in [2.45, 2.75) is 32.2 Å². The lowest BCUT2D eigenvalue weighted by Gasteiger charge is -2.31. The van der Waals surface area contributed by atoms with Crippen LogP contribution in [0.1, 0.15) is 37.0 Å². The SMILES string of the molecule is CC1(C)CCCN1C(=O)c1ccc(I)c(Cl)c1. The lowest BCUT2D eigenvalue weighted by molar-refractivity contribution is 0.0652. The third kappa shape index (κ3) is 2.60. The van der Waals surface area contributed by atoms with Crippen molar-refractivity contribution in [1.29, 1.82) is 0 Å². The van der Waals surface area contributed by atoms with Gasteiger partial charge in [-0.3, -0.25) is 4.79 Å². The molecule has 0 atom stereocenters. The van der Waals surface area contributed by atoms with E-state index in [-0.39, 0.29) is 11.4 Å². The second kappa shape index (κ2) is 4.76. The number of likely N-dealkylation sites (tertiary alicyclic amines) is 1. The number of rotatable bonds is 1. The van der Waals surface area contributed by atoms with Crippen LogP contribution in [0.5, 0.6) is 0 Å². The number of carbonyl (C=O) groups is 1. The van der Waals surface area contributed by atoms with E-state index in [1.165, 1.54) is 0 Å². The number of nitrogens with zero attached hydrogens (tertiary/aromatic N) is 1. The Kier molecular flexibility index (Phi) is 3.69. The summed E-state index contributed by atoms with van der Waals surface area (Å²) in [5.74, 6) is 0.0887. The molecular weight excluding hydrogens is 349 g/mol. The van der Waals surface area contributed by atoms with Crippen LogP contribution in [0.2, 0.25) is 5.02 Å². The Hall–Kier alpha value is -0.290. The van der Waals surface area contributed by atoms with Crippen LogP contribution < -0.4 is 0 Å². The minimum atomic E-state index is -0.0352. The van der Waals surface area contributed by atoms with Gasteiger partial charge in [0.25, 0.3) is 5.91 Å². The van der Waals surface area contributed by atoms with E-state index in [9.17, 15) is 4.79 Å². The normalized spacial score (nSPS) is 18.5. The van der Waals surface area contributed by atoms with E-state index in [2.05, 4.69) is 36.4 Å². The summed E-state index contributed by atoms with van der Waals surface area (Å²) in [5, 5.41) is 0.647. The zero-order valence-corrected chi connectivity index (χ0v) is 12.9. The summed E-state index contributed by atoms with van der Waals surface area (Å²) in [5.41, 5.74) is 0.650. The molecule has 1 aromatic carbocycles. The fraction of sp³-hybridized carbons (Fsp3) is 0.462. The van der Waals surface area contributed by atoms with Crippen molar-refractivity contribution < 1.29 is 4.79 Å². The van der Waals surface area contributed by atoms with Crippen LogP contribution in [0, 0.1) is 3.57 Å². The van der Waals surface area contributed by atoms with E-state index < -0.39 is 0 Å². The number of carbonyl (C=O) groups excluding carboxylic acids is 1. The van der Waals surface area contributed by atoms with Crippen molar-refractivity contribution in [3.05, 3.63) is 32.4 Å². The first-order chi connectivity index (χ1) is 7.92. The zero-order valence-electron chi connectivity index (χ0n) is 9.96. The molecule has 1 amide bonds. The average molecular weight is 364 g/mol. The number of hydrogen-bond acceptors (Lipinski definition) is 1. The van der Waals surface area contributed by atoms with E-state index in [4.69, 9.17) is 11.6 Å². The molecule has 1 fully saturated rings. The van der Waals surface area contributed by atoms with Crippen molar-refractivity contribution in [3.8, 4) is 0 Å². The number of amides is 1. The molecule has 2 nitrogen and oxygen atoms in total. The summed E-state index contributed by atoms with van der Waals surface area (Å²) in [6, 6.07) is 5.50. The monoisotopic (exact) mass is 363 g/mol. The highest BCUT2D eigenvalue weighted by Crippen LogP contribution is 2.30. The molecule has 0 bridgehead atoms. The standard InChI is InChI=1S/C13H15ClINO/c1-13(2)6-3-7-16(13)12(17)9-4-5-11(15)10(14)8-9/h4-5,8H,3,6-7H2,1-2H3. The van der Waals surface area contributed by atoms with E-state index in [1.807, 2.05) is 17.0 Å². The minimum absolute atomic E-state index is 0.0352. The fourth-order valence-corrected chi connectivity index (χ4v) is 2.78. The quantitative estimate of drug-likeness (QED) is 0.692. The maximum atomic E-state index is 12.4. The molecule has 0 unspecified atom stereocenters. The number of hydrogen-bond donors (Lipinski definition) is 0. The first-order valence-electron chi connectivity index (χ1n) is 5.69. The predicted octanol–water partition coefficient (Wildman–Crippen LogP) is 3.96. The molecule has 2 rings (SSSR count). The molecule has 1 aromatic rings. The summed E-state index contributed by atoms with van der Waals surface area (Å²) in [6.45, 7) is 5.08. The minimum Gasteiger partial charge on any atom is -0.334 e. The molecule has 0 spiro atoms. The Balaban J connectivity index is 2.28. The Bertz CT molecular complexity index is 459. The van der Waals surface area contributed by atoms with Gasteiger partial charge < -0.3 is 4.90 Å². The van der Waals surface area contributed by atoms with Gasteiger partial charge in [-0.25, -0.2) is 0 Å². The highest BCUT2D eigenvalue weighted by molar-refractivity contribution is 14.1. The lowest BCUT2D eigenvalue weighted by Crippen LogP contribution is -2.42. The molecule has 1 aliphatic rings. The smallest absolute Gasteiger partial charge is 0.254 e. The molecule has 1 aliphatic heterocycles. The molecule has 0 radical (unpaired) electrons. The van der Waals surface area contributed by atoms with Gasteiger partial charge in [-0.1, -0.05) is 11.6 Å². The van der Waals surface area contributed by atoms with Crippen LogP contribution >= 0.6 is 34.2 Å². The predicted molar refractivity (Wildman–Crippen MR) is 78.5 cm³/mol. The van der Waals surface area contributed by atoms with Crippen molar-refractivity contribution in [1.82, 2.24) is 4.90 Å². The molecule has 0 N–H and O–H groups in total. The van der Waals surface area contributed by atoms with Crippen molar-refractivity contribution in [3.63, 3.8) is 0 Å². The fourth-order valence-electron chi connectivity index (χ4n) is 2.27. The van der Waals surface area contributed by atoms with Crippen LogP contribution in [0.3, 0.4) is 0 Å². The molecular formula is C13H15ClINO. The van der Waals surface area contributed by atoms with Gasteiger partial charge in [-0.15, -0.1) is 0 Å². The van der Waals surface area contributed by atoms with Gasteiger partial charge >= 0.3 is 0 Å². The number of benzene rings is 1. The summed E-state index contributed by atoms with van der Waals surface area (Å²) < 4.78 is 0.974. The van der Waals surface area contributed by atoms with Crippen LogP contribution in [0.15, 0.2) is 18.2 Å². The van der Waals surface area contributed by atoms with Crippen LogP contribution in [-0.2, 0) is 0 Å². The first kappa shape index (κ1) is 13.1. The van der Waals surface area contributed by atoms with Gasteiger partial charge in [-0.05, 0) is 67.5 Å². The molecule has 0 saturated carbocycles. The highest BCUT2D eigenvalue weighted by Gasteiger charge is 2.35. The number of halogens is 2. The zero-order chi connectivity index (χ0) is 12.6. The molecule has 17 heavy (non-hydrogen) atoms. The second-order valence-corrected chi connectivity index (χ2v) is 6.57. The van der Waals surface area contributed by atoms with Crippen LogP contribution in [-0.4, -0.2) is 22.9 Å². The van der Waals surface area contributed by atoms with Gasteiger partial charge in [0.2, 0.25) is 0 Å². The maximum absolute atomic E-state index is 12.4. The van der Waals surface area contributed by atoms with Crippen molar-refractivity contribution in [2.75, 3.05) is 6.54 Å². The highest BCUT2D eigenvalue weighted by atomic mass is 127. The van der Waals surface area contributed by atoms with E-state index >= 15 is 0 Å². The lowest BCUT2D eigenvalue weighted by atomic mass is 10.0. The molecule has 92 valence electrons. The van der Waals surface area contributed by atoms with Gasteiger partial charge in [0.15, 0.2) is 0 Å². The van der Waals surface area contributed by atoms with Gasteiger partial charge in [0.1, 0.15) is 0 Å². The Morgan fingerprint density at radius 1 is 1.47 bits per heavy atom. The molecule has 0 aliphatic carbocycles. The maximum Gasteiger partial charge on any atom is 0.254 e. The topological polar surface area (TPSA) is 20.3 Å².